The number of rotatable bonds is 10. The van der Waals surface area contributed by atoms with Gasteiger partial charge in [0, 0.05) is 29.7 Å². The molecule has 0 atom stereocenters. The van der Waals surface area contributed by atoms with Crippen LogP contribution in [-0.2, 0) is 17.9 Å². The van der Waals surface area contributed by atoms with E-state index in [2.05, 4.69) is 21.2 Å². The minimum absolute atomic E-state index is 0.429. The molecule has 0 aromatic heterocycles. The van der Waals surface area contributed by atoms with E-state index in [9.17, 15) is 0 Å². The van der Waals surface area contributed by atoms with Crippen LogP contribution in [-0.4, -0.2) is 26.9 Å². The van der Waals surface area contributed by atoms with Crippen molar-refractivity contribution in [1.82, 2.24) is 5.32 Å². The van der Waals surface area contributed by atoms with Crippen LogP contribution in [0.5, 0.6) is 11.5 Å². The van der Waals surface area contributed by atoms with E-state index in [0.29, 0.717) is 30.6 Å². The van der Waals surface area contributed by atoms with E-state index in [1.54, 1.807) is 7.11 Å². The van der Waals surface area contributed by atoms with Gasteiger partial charge in [-0.3, -0.25) is 0 Å². The predicted octanol–water partition coefficient (Wildman–Crippen LogP) is 4.82. The summed E-state index contributed by atoms with van der Waals surface area (Å²) in [4.78, 5) is 0. The van der Waals surface area contributed by atoms with Crippen molar-refractivity contribution in [3.63, 3.8) is 0 Å². The lowest BCUT2D eigenvalue weighted by Crippen LogP contribution is -2.18. The van der Waals surface area contributed by atoms with Gasteiger partial charge < -0.3 is 19.5 Å². The van der Waals surface area contributed by atoms with Crippen LogP contribution < -0.4 is 14.8 Å². The fraction of sp³-hybridized carbons (Fsp3) is 0.368. The molecule has 2 aromatic carbocycles. The topological polar surface area (TPSA) is 39.7 Å². The van der Waals surface area contributed by atoms with Gasteiger partial charge in [-0.1, -0.05) is 39.7 Å². The molecule has 0 aliphatic rings. The number of nitrogens with one attached hydrogen (secondary N) is 1. The van der Waals surface area contributed by atoms with Crippen LogP contribution in [0, 0.1) is 0 Å². The monoisotopic (exact) mass is 427 g/mol. The second-order valence-electron chi connectivity index (χ2n) is 5.41. The predicted molar refractivity (Wildman–Crippen MR) is 105 cm³/mol. The standard InChI is InChI=1S/C19H23BrClNO3/c1-3-24-18-10-15(12-22-7-8-23-2)17(20)11-19(18)25-13-14-5-4-6-16(21)9-14/h4-6,9-11,22H,3,7-8,12-13H2,1-2H3. The first-order valence-electron chi connectivity index (χ1n) is 8.16. The maximum atomic E-state index is 6.02. The second-order valence-corrected chi connectivity index (χ2v) is 6.70. The van der Waals surface area contributed by atoms with Crippen LogP contribution in [0.1, 0.15) is 18.1 Å². The third-order valence-electron chi connectivity index (χ3n) is 3.49. The summed E-state index contributed by atoms with van der Waals surface area (Å²) in [7, 11) is 1.69. The van der Waals surface area contributed by atoms with Crippen molar-refractivity contribution < 1.29 is 14.2 Å². The van der Waals surface area contributed by atoms with E-state index in [1.165, 1.54) is 0 Å². The number of hydrogen-bond acceptors (Lipinski definition) is 4. The first kappa shape index (κ1) is 20.0. The summed E-state index contributed by atoms with van der Waals surface area (Å²) in [5.41, 5.74) is 2.12. The Labute approximate surface area is 162 Å². The third-order valence-corrected chi connectivity index (χ3v) is 4.47. The number of ether oxygens (including phenoxy) is 3. The Morgan fingerprint density at radius 3 is 2.64 bits per heavy atom. The van der Waals surface area contributed by atoms with Crippen molar-refractivity contribution in [3.05, 3.63) is 57.0 Å². The van der Waals surface area contributed by atoms with Gasteiger partial charge in [0.25, 0.3) is 0 Å². The SMILES string of the molecule is CCOc1cc(CNCCOC)c(Br)cc1OCc1cccc(Cl)c1. The zero-order valence-electron chi connectivity index (χ0n) is 14.5. The lowest BCUT2D eigenvalue weighted by atomic mass is 10.2. The zero-order valence-corrected chi connectivity index (χ0v) is 16.8. The van der Waals surface area contributed by atoms with Gasteiger partial charge in [0.1, 0.15) is 6.61 Å². The van der Waals surface area contributed by atoms with E-state index < -0.39 is 0 Å². The Balaban J connectivity index is 2.09. The highest BCUT2D eigenvalue weighted by atomic mass is 79.9. The van der Waals surface area contributed by atoms with Gasteiger partial charge in [0.2, 0.25) is 0 Å². The van der Waals surface area contributed by atoms with Crippen molar-refractivity contribution in [3.8, 4) is 11.5 Å². The van der Waals surface area contributed by atoms with Crippen LogP contribution in [0.2, 0.25) is 5.02 Å². The molecule has 0 fully saturated rings. The Morgan fingerprint density at radius 2 is 1.92 bits per heavy atom. The number of halogens is 2. The number of benzene rings is 2. The highest BCUT2D eigenvalue weighted by Crippen LogP contribution is 2.34. The van der Waals surface area contributed by atoms with Gasteiger partial charge in [-0.25, -0.2) is 0 Å². The third kappa shape index (κ3) is 6.51. The van der Waals surface area contributed by atoms with Crippen molar-refractivity contribution >= 4 is 27.5 Å². The minimum atomic E-state index is 0.429. The molecule has 2 aromatic rings. The van der Waals surface area contributed by atoms with Gasteiger partial charge in [0.05, 0.1) is 13.2 Å². The normalized spacial score (nSPS) is 10.7. The smallest absolute Gasteiger partial charge is 0.162 e. The summed E-state index contributed by atoms with van der Waals surface area (Å²) in [6.07, 6.45) is 0. The number of hydrogen-bond donors (Lipinski definition) is 1. The Kier molecular flexibility index (Phi) is 8.55. The van der Waals surface area contributed by atoms with Crippen molar-refractivity contribution in [2.75, 3.05) is 26.9 Å². The molecule has 6 heteroatoms. The fourth-order valence-corrected chi connectivity index (χ4v) is 2.95. The summed E-state index contributed by atoms with van der Waals surface area (Å²) in [5.74, 6) is 1.44. The molecule has 0 aliphatic heterocycles. The van der Waals surface area contributed by atoms with Crippen molar-refractivity contribution in [1.29, 1.82) is 0 Å². The maximum absolute atomic E-state index is 6.02. The van der Waals surface area contributed by atoms with Crippen molar-refractivity contribution in [2.24, 2.45) is 0 Å². The molecule has 0 amide bonds. The summed E-state index contributed by atoms with van der Waals surface area (Å²) in [6.45, 7) is 5.15. The average molecular weight is 429 g/mol. The zero-order chi connectivity index (χ0) is 18.1. The fourth-order valence-electron chi connectivity index (χ4n) is 2.28. The Hall–Kier alpha value is -1.27. The molecule has 136 valence electrons. The maximum Gasteiger partial charge on any atom is 0.162 e. The van der Waals surface area contributed by atoms with E-state index >= 15 is 0 Å². The minimum Gasteiger partial charge on any atom is -0.490 e. The first-order valence-corrected chi connectivity index (χ1v) is 9.33. The molecule has 0 spiro atoms. The molecule has 0 unspecified atom stereocenters. The lowest BCUT2D eigenvalue weighted by Gasteiger charge is -2.15. The highest BCUT2D eigenvalue weighted by molar-refractivity contribution is 9.10. The van der Waals surface area contributed by atoms with Crippen LogP contribution in [0.25, 0.3) is 0 Å². The van der Waals surface area contributed by atoms with Crippen LogP contribution >= 0.6 is 27.5 Å². The van der Waals surface area contributed by atoms with Crippen LogP contribution in [0.15, 0.2) is 40.9 Å². The Bertz CT molecular complexity index is 682. The molecule has 0 saturated heterocycles. The summed E-state index contributed by atoms with van der Waals surface area (Å²) in [5, 5.41) is 4.03. The van der Waals surface area contributed by atoms with Gasteiger partial charge in [0.15, 0.2) is 11.5 Å². The highest BCUT2D eigenvalue weighted by Gasteiger charge is 2.11. The second kappa shape index (κ2) is 10.7. The summed E-state index contributed by atoms with van der Waals surface area (Å²) in [6, 6.07) is 11.6. The molecule has 4 nitrogen and oxygen atoms in total. The molecule has 0 heterocycles. The molecular weight excluding hydrogens is 406 g/mol. The van der Waals surface area contributed by atoms with Gasteiger partial charge in [-0.05, 0) is 42.3 Å². The first-order chi connectivity index (χ1) is 12.1. The molecule has 0 aliphatic carbocycles. The molecule has 0 radical (unpaired) electrons. The number of methoxy groups -OCH3 is 1. The van der Waals surface area contributed by atoms with Crippen molar-refractivity contribution in [2.45, 2.75) is 20.1 Å². The molecule has 1 N–H and O–H groups in total. The molecule has 0 bridgehead atoms. The van der Waals surface area contributed by atoms with E-state index in [0.717, 1.165) is 34.4 Å². The summed E-state index contributed by atoms with van der Waals surface area (Å²) < 4.78 is 17.7. The molecule has 25 heavy (non-hydrogen) atoms. The van der Waals surface area contributed by atoms with E-state index in [1.807, 2.05) is 43.3 Å². The molecule has 0 saturated carbocycles. The largest absolute Gasteiger partial charge is 0.490 e. The van der Waals surface area contributed by atoms with Gasteiger partial charge >= 0.3 is 0 Å². The van der Waals surface area contributed by atoms with Gasteiger partial charge in [-0.15, -0.1) is 0 Å². The molecular formula is C19H23BrClNO3. The van der Waals surface area contributed by atoms with Crippen LogP contribution in [0.3, 0.4) is 0 Å². The summed E-state index contributed by atoms with van der Waals surface area (Å²) >= 11 is 9.63. The average Bonchev–Trinajstić information content (AvgIpc) is 2.60. The van der Waals surface area contributed by atoms with E-state index in [-0.39, 0.29) is 0 Å². The Morgan fingerprint density at radius 1 is 1.12 bits per heavy atom. The van der Waals surface area contributed by atoms with Gasteiger partial charge in [-0.2, -0.15) is 0 Å². The quantitative estimate of drug-likeness (QED) is 0.551. The molecule has 2 rings (SSSR count). The van der Waals surface area contributed by atoms with E-state index in [4.69, 9.17) is 25.8 Å². The van der Waals surface area contributed by atoms with Crippen LogP contribution in [0.4, 0.5) is 0 Å². The lowest BCUT2D eigenvalue weighted by molar-refractivity contribution is 0.199.